The van der Waals surface area contributed by atoms with Gasteiger partial charge in [0.15, 0.2) is 16.6 Å². The summed E-state index contributed by atoms with van der Waals surface area (Å²) >= 11 is 1.45. The highest BCUT2D eigenvalue weighted by Gasteiger charge is 2.15. The standard InChI is InChI=1S/C32H35N7O5S/c1-20-5-8-26(41-2)25(15-20)36-31(40)35-21-6-7-23-29(16-21)45-32(37-23)38-30-22-17-27(42-3)28(18-24(22)33-19-34-30)44-12-4-9-39-10-13-43-14-11-39/h5-8,15-19H,4,9-14H2,1-3H3,(H2,35,36,40)(H,33,34,37,38). The van der Waals surface area contributed by atoms with Crippen molar-refractivity contribution in [2.45, 2.75) is 13.3 Å². The minimum absolute atomic E-state index is 0.372. The Balaban J connectivity index is 1.13. The van der Waals surface area contributed by atoms with E-state index < -0.39 is 0 Å². The smallest absolute Gasteiger partial charge is 0.323 e. The lowest BCUT2D eigenvalue weighted by atomic mass is 10.2. The normalized spacial score (nSPS) is 13.5. The zero-order valence-corrected chi connectivity index (χ0v) is 26.2. The summed E-state index contributed by atoms with van der Waals surface area (Å²) in [6.45, 7) is 6.98. The Morgan fingerprint density at radius 3 is 2.62 bits per heavy atom. The number of aromatic nitrogens is 3. The van der Waals surface area contributed by atoms with Gasteiger partial charge in [-0.25, -0.2) is 19.7 Å². The average Bonchev–Trinajstić information content (AvgIpc) is 3.45. The third kappa shape index (κ3) is 7.33. The second-order valence-corrected chi connectivity index (χ2v) is 11.5. The van der Waals surface area contributed by atoms with E-state index in [0.29, 0.717) is 46.2 Å². The molecular formula is C32H35N7O5S. The van der Waals surface area contributed by atoms with Crippen LogP contribution in [0.1, 0.15) is 12.0 Å². The summed E-state index contributed by atoms with van der Waals surface area (Å²) in [5.41, 5.74) is 3.75. The van der Waals surface area contributed by atoms with Crippen LogP contribution in [0.3, 0.4) is 0 Å². The third-order valence-electron chi connectivity index (χ3n) is 7.38. The van der Waals surface area contributed by atoms with E-state index in [9.17, 15) is 4.79 Å². The summed E-state index contributed by atoms with van der Waals surface area (Å²) in [5.74, 6) is 2.43. The molecule has 13 heteroatoms. The molecule has 234 valence electrons. The van der Waals surface area contributed by atoms with Gasteiger partial charge in [0.2, 0.25) is 0 Å². The molecule has 3 heterocycles. The maximum atomic E-state index is 12.7. The fraction of sp³-hybridized carbons (Fsp3) is 0.312. The van der Waals surface area contributed by atoms with Crippen LogP contribution >= 0.6 is 11.3 Å². The van der Waals surface area contributed by atoms with E-state index in [0.717, 1.165) is 66.0 Å². The van der Waals surface area contributed by atoms with E-state index in [-0.39, 0.29) is 6.03 Å². The van der Waals surface area contributed by atoms with Crippen LogP contribution < -0.4 is 30.2 Å². The van der Waals surface area contributed by atoms with Gasteiger partial charge in [0, 0.05) is 36.8 Å². The van der Waals surface area contributed by atoms with E-state index in [1.165, 1.54) is 17.7 Å². The second-order valence-electron chi connectivity index (χ2n) is 10.5. The Labute approximate surface area is 264 Å². The summed E-state index contributed by atoms with van der Waals surface area (Å²) in [6.07, 6.45) is 2.41. The van der Waals surface area contributed by atoms with E-state index in [4.69, 9.17) is 23.9 Å². The van der Waals surface area contributed by atoms with Crippen molar-refractivity contribution in [1.29, 1.82) is 0 Å². The van der Waals surface area contributed by atoms with Crippen molar-refractivity contribution in [2.75, 3.05) is 69.6 Å². The van der Waals surface area contributed by atoms with Crippen LogP contribution in [-0.2, 0) is 4.74 Å². The number of anilines is 4. The van der Waals surface area contributed by atoms with Crippen LogP contribution in [0, 0.1) is 6.92 Å². The summed E-state index contributed by atoms with van der Waals surface area (Å²) in [4.78, 5) is 28.8. The quantitative estimate of drug-likeness (QED) is 0.148. The molecule has 1 aliphatic rings. The molecule has 5 aromatic rings. The minimum Gasteiger partial charge on any atom is -0.495 e. The lowest BCUT2D eigenvalue weighted by molar-refractivity contribution is 0.0357. The number of methoxy groups -OCH3 is 2. The molecule has 45 heavy (non-hydrogen) atoms. The average molecular weight is 630 g/mol. The van der Waals surface area contributed by atoms with Gasteiger partial charge < -0.3 is 34.9 Å². The second kappa shape index (κ2) is 13.9. The van der Waals surface area contributed by atoms with Crippen molar-refractivity contribution < 1.29 is 23.7 Å². The number of thiazole rings is 1. The first-order chi connectivity index (χ1) is 22.0. The number of ether oxygens (including phenoxy) is 4. The number of nitrogens with zero attached hydrogens (tertiary/aromatic N) is 4. The molecule has 0 atom stereocenters. The number of fused-ring (bicyclic) bond motifs is 2. The van der Waals surface area contributed by atoms with Crippen LogP contribution in [0.25, 0.3) is 21.1 Å². The topological polar surface area (TPSA) is 132 Å². The molecule has 12 nitrogen and oxygen atoms in total. The number of carbonyl (C=O) groups excluding carboxylic acids is 1. The van der Waals surface area contributed by atoms with Crippen molar-refractivity contribution in [3.8, 4) is 17.2 Å². The van der Waals surface area contributed by atoms with Gasteiger partial charge in [0.25, 0.3) is 0 Å². The highest BCUT2D eigenvalue weighted by Crippen LogP contribution is 2.36. The van der Waals surface area contributed by atoms with E-state index >= 15 is 0 Å². The number of aryl methyl sites for hydroxylation is 1. The highest BCUT2D eigenvalue weighted by molar-refractivity contribution is 7.22. The van der Waals surface area contributed by atoms with Gasteiger partial charge in [0.05, 0.1) is 55.5 Å². The molecule has 0 unspecified atom stereocenters. The third-order valence-corrected chi connectivity index (χ3v) is 8.31. The summed E-state index contributed by atoms with van der Waals surface area (Å²) in [7, 11) is 3.19. The van der Waals surface area contributed by atoms with Crippen LogP contribution in [0.5, 0.6) is 17.2 Å². The summed E-state index contributed by atoms with van der Waals surface area (Å²) in [6, 6.07) is 14.6. The van der Waals surface area contributed by atoms with Crippen molar-refractivity contribution >= 4 is 60.8 Å². The van der Waals surface area contributed by atoms with Crippen LogP contribution in [-0.4, -0.2) is 79.6 Å². The van der Waals surface area contributed by atoms with Crippen LogP contribution in [0.4, 0.5) is 27.1 Å². The molecule has 1 fully saturated rings. The molecule has 2 aromatic heterocycles. The van der Waals surface area contributed by atoms with Gasteiger partial charge in [0.1, 0.15) is 17.9 Å². The fourth-order valence-corrected chi connectivity index (χ4v) is 6.00. The van der Waals surface area contributed by atoms with Crippen molar-refractivity contribution in [3.05, 3.63) is 60.4 Å². The Bertz CT molecular complexity index is 1810. The minimum atomic E-state index is -0.372. The van der Waals surface area contributed by atoms with Gasteiger partial charge in [-0.2, -0.15) is 0 Å². The Morgan fingerprint density at radius 2 is 1.80 bits per heavy atom. The first-order valence-electron chi connectivity index (χ1n) is 14.6. The number of hydrogen-bond donors (Lipinski definition) is 3. The molecule has 1 saturated heterocycles. The number of morpholine rings is 1. The molecule has 0 saturated carbocycles. The van der Waals surface area contributed by atoms with E-state index in [1.54, 1.807) is 14.2 Å². The number of hydrogen-bond acceptors (Lipinski definition) is 11. The van der Waals surface area contributed by atoms with E-state index in [1.807, 2.05) is 55.5 Å². The van der Waals surface area contributed by atoms with Gasteiger partial charge in [-0.1, -0.05) is 17.4 Å². The van der Waals surface area contributed by atoms with Crippen LogP contribution in [0.2, 0.25) is 0 Å². The monoisotopic (exact) mass is 629 g/mol. The first kappa shape index (κ1) is 30.3. The van der Waals surface area contributed by atoms with Crippen molar-refractivity contribution in [2.24, 2.45) is 0 Å². The number of nitrogens with one attached hydrogen (secondary N) is 3. The number of benzene rings is 3. The molecule has 2 amide bonds. The largest absolute Gasteiger partial charge is 0.495 e. The van der Waals surface area contributed by atoms with Crippen molar-refractivity contribution in [3.63, 3.8) is 0 Å². The Hall–Kier alpha value is -4.72. The predicted molar refractivity (Wildman–Crippen MR) is 177 cm³/mol. The predicted octanol–water partition coefficient (Wildman–Crippen LogP) is 6.05. The molecule has 3 N–H and O–H groups in total. The molecule has 6 rings (SSSR count). The summed E-state index contributed by atoms with van der Waals surface area (Å²) < 4.78 is 23.4. The highest BCUT2D eigenvalue weighted by atomic mass is 32.1. The Kier molecular flexibility index (Phi) is 9.38. The zero-order chi connectivity index (χ0) is 31.2. The molecule has 0 radical (unpaired) electrons. The fourth-order valence-electron chi connectivity index (χ4n) is 5.09. The lowest BCUT2D eigenvalue weighted by Crippen LogP contribution is -2.37. The lowest BCUT2D eigenvalue weighted by Gasteiger charge is -2.26. The molecule has 3 aromatic carbocycles. The zero-order valence-electron chi connectivity index (χ0n) is 25.4. The Morgan fingerprint density at radius 1 is 0.956 bits per heavy atom. The first-order valence-corrected chi connectivity index (χ1v) is 15.5. The molecule has 0 aliphatic carbocycles. The maximum Gasteiger partial charge on any atom is 0.323 e. The molecule has 1 aliphatic heterocycles. The molecular weight excluding hydrogens is 594 g/mol. The van der Waals surface area contributed by atoms with Gasteiger partial charge in [-0.15, -0.1) is 0 Å². The van der Waals surface area contributed by atoms with Gasteiger partial charge >= 0.3 is 6.03 Å². The SMILES string of the molecule is COc1ccc(C)cc1NC(=O)Nc1ccc2nc(Nc3ncnc4cc(OCCCN5CCOCC5)c(OC)cc34)sc2c1. The maximum absolute atomic E-state index is 12.7. The van der Waals surface area contributed by atoms with E-state index in [2.05, 4.69) is 30.8 Å². The van der Waals surface area contributed by atoms with Gasteiger partial charge in [-0.05, 0) is 55.3 Å². The number of amides is 2. The number of urea groups is 1. The van der Waals surface area contributed by atoms with Crippen LogP contribution in [0.15, 0.2) is 54.9 Å². The number of carbonyl (C=O) groups is 1. The van der Waals surface area contributed by atoms with Crippen molar-refractivity contribution in [1.82, 2.24) is 19.9 Å². The summed E-state index contributed by atoms with van der Waals surface area (Å²) in [5, 5.41) is 10.5. The number of rotatable bonds is 11. The molecule has 0 spiro atoms. The van der Waals surface area contributed by atoms with Gasteiger partial charge in [-0.3, -0.25) is 4.90 Å². The molecule has 0 bridgehead atoms.